The topological polar surface area (TPSA) is 107 Å². The number of nitro groups is 1. The summed E-state index contributed by atoms with van der Waals surface area (Å²) in [6, 6.07) is 2.38. The van der Waals surface area contributed by atoms with Crippen molar-refractivity contribution in [3.63, 3.8) is 0 Å². The summed E-state index contributed by atoms with van der Waals surface area (Å²) >= 11 is 5.97. The number of nitrogens with zero attached hydrogens (tertiary/aromatic N) is 2. The molecule has 1 heterocycles. The highest BCUT2D eigenvalue weighted by Crippen LogP contribution is 2.32. The van der Waals surface area contributed by atoms with Gasteiger partial charge in [-0.1, -0.05) is 11.6 Å². The summed E-state index contributed by atoms with van der Waals surface area (Å²) in [7, 11) is -3.80. The second-order valence-corrected chi connectivity index (χ2v) is 8.25. The number of sulfonamides is 1. The van der Waals surface area contributed by atoms with Crippen LogP contribution < -0.4 is 5.73 Å². The maximum atomic E-state index is 12.7. The van der Waals surface area contributed by atoms with Crippen LogP contribution in [0.25, 0.3) is 0 Å². The van der Waals surface area contributed by atoms with E-state index < -0.39 is 14.9 Å². The van der Waals surface area contributed by atoms with E-state index in [2.05, 4.69) is 0 Å². The molecule has 0 bridgehead atoms. The van der Waals surface area contributed by atoms with Crippen molar-refractivity contribution >= 4 is 27.3 Å². The minimum Gasteiger partial charge on any atom is -0.328 e. The average Bonchev–Trinajstić information content (AvgIpc) is 2.49. The molecule has 1 aliphatic heterocycles. The van der Waals surface area contributed by atoms with Crippen LogP contribution in [0.4, 0.5) is 5.69 Å². The third-order valence-electron chi connectivity index (χ3n) is 4.37. The van der Waals surface area contributed by atoms with Crippen LogP contribution >= 0.6 is 11.6 Å². The molecule has 1 fully saturated rings. The summed E-state index contributed by atoms with van der Waals surface area (Å²) in [5.74, 6) is 0.289. The van der Waals surface area contributed by atoms with E-state index in [0.29, 0.717) is 25.9 Å². The molecule has 0 saturated carbocycles. The monoisotopic (exact) mass is 361 g/mol. The maximum absolute atomic E-state index is 12.7. The van der Waals surface area contributed by atoms with E-state index in [-0.39, 0.29) is 33.1 Å². The van der Waals surface area contributed by atoms with Crippen LogP contribution in [0.5, 0.6) is 0 Å². The second-order valence-electron chi connectivity index (χ2n) is 5.91. The molecule has 0 aromatic heterocycles. The number of nitro benzene ring substituents is 1. The first-order valence-electron chi connectivity index (χ1n) is 7.35. The van der Waals surface area contributed by atoms with Gasteiger partial charge in [0.05, 0.1) is 14.8 Å². The summed E-state index contributed by atoms with van der Waals surface area (Å²) in [5, 5.41) is 11.1. The first-order valence-corrected chi connectivity index (χ1v) is 9.16. The Morgan fingerprint density at radius 2 is 1.96 bits per heavy atom. The Kier molecular flexibility index (Phi) is 5.30. The Morgan fingerprint density at radius 3 is 2.43 bits per heavy atom. The number of rotatable bonds is 4. The Balaban J connectivity index is 2.32. The minimum absolute atomic E-state index is 0.0229. The first kappa shape index (κ1) is 18.1. The van der Waals surface area contributed by atoms with Gasteiger partial charge in [0.15, 0.2) is 0 Å². The highest BCUT2D eigenvalue weighted by molar-refractivity contribution is 7.89. The number of piperidine rings is 1. The van der Waals surface area contributed by atoms with Crippen molar-refractivity contribution in [1.82, 2.24) is 4.31 Å². The number of halogens is 1. The van der Waals surface area contributed by atoms with Crippen LogP contribution in [0.1, 0.15) is 25.3 Å². The van der Waals surface area contributed by atoms with Gasteiger partial charge < -0.3 is 5.73 Å². The predicted octanol–water partition coefficient (Wildman–Crippen LogP) is 2.30. The van der Waals surface area contributed by atoms with Gasteiger partial charge in [0, 0.05) is 30.8 Å². The lowest BCUT2D eigenvalue weighted by Crippen LogP contribution is -2.42. The van der Waals surface area contributed by atoms with Crippen LogP contribution in [0, 0.1) is 23.0 Å². The quantitative estimate of drug-likeness (QED) is 0.654. The van der Waals surface area contributed by atoms with Crippen molar-refractivity contribution in [2.75, 3.05) is 13.1 Å². The SMILES string of the molecule is Cc1c(Cl)cc(S(=O)(=O)N2CCC(C(C)N)CC2)cc1[N+](=O)[O-]. The van der Waals surface area contributed by atoms with Crippen molar-refractivity contribution < 1.29 is 13.3 Å². The Hall–Kier alpha value is -1.22. The van der Waals surface area contributed by atoms with E-state index in [4.69, 9.17) is 17.3 Å². The molecule has 0 aliphatic carbocycles. The number of hydrogen-bond acceptors (Lipinski definition) is 5. The first-order chi connectivity index (χ1) is 10.6. The van der Waals surface area contributed by atoms with E-state index in [1.165, 1.54) is 17.3 Å². The highest BCUT2D eigenvalue weighted by atomic mass is 35.5. The predicted molar refractivity (Wildman–Crippen MR) is 88.0 cm³/mol. The van der Waals surface area contributed by atoms with Crippen molar-refractivity contribution in [2.45, 2.75) is 37.6 Å². The minimum atomic E-state index is -3.80. The summed E-state index contributed by atoms with van der Waals surface area (Å²) in [6.07, 6.45) is 1.36. The van der Waals surface area contributed by atoms with Crippen LogP contribution in [0.2, 0.25) is 5.02 Å². The summed E-state index contributed by atoms with van der Waals surface area (Å²) < 4.78 is 26.8. The van der Waals surface area contributed by atoms with E-state index in [0.717, 1.165) is 6.07 Å². The summed E-state index contributed by atoms with van der Waals surface area (Å²) in [5.41, 5.74) is 5.83. The van der Waals surface area contributed by atoms with Gasteiger partial charge in [-0.2, -0.15) is 4.31 Å². The van der Waals surface area contributed by atoms with Gasteiger partial charge in [-0.3, -0.25) is 10.1 Å². The lowest BCUT2D eigenvalue weighted by atomic mass is 9.92. The maximum Gasteiger partial charge on any atom is 0.275 e. The number of nitrogens with two attached hydrogens (primary N) is 1. The normalized spacial score (nSPS) is 18.8. The van der Waals surface area contributed by atoms with Crippen LogP contribution in [-0.4, -0.2) is 36.8 Å². The zero-order valence-electron chi connectivity index (χ0n) is 13.0. The highest BCUT2D eigenvalue weighted by Gasteiger charge is 2.32. The molecule has 0 spiro atoms. The molecular formula is C14H20ClN3O4S. The van der Waals surface area contributed by atoms with Gasteiger partial charge in [-0.05, 0) is 38.7 Å². The van der Waals surface area contributed by atoms with E-state index in [1.807, 2.05) is 6.92 Å². The third kappa shape index (κ3) is 3.65. The van der Waals surface area contributed by atoms with Gasteiger partial charge in [0.1, 0.15) is 0 Å². The van der Waals surface area contributed by atoms with Crippen LogP contribution in [0.3, 0.4) is 0 Å². The Bertz CT molecular complexity index is 713. The fourth-order valence-electron chi connectivity index (χ4n) is 2.77. The molecule has 1 aromatic carbocycles. The number of benzene rings is 1. The third-order valence-corrected chi connectivity index (χ3v) is 6.64. The van der Waals surface area contributed by atoms with Gasteiger partial charge in [0.25, 0.3) is 5.69 Å². The molecule has 9 heteroatoms. The molecule has 2 rings (SSSR count). The summed E-state index contributed by atoms with van der Waals surface area (Å²) in [6.45, 7) is 4.12. The van der Waals surface area contributed by atoms with Gasteiger partial charge in [0.2, 0.25) is 10.0 Å². The molecule has 128 valence electrons. The molecule has 1 aliphatic rings. The molecule has 1 saturated heterocycles. The van der Waals surface area contributed by atoms with Crippen molar-refractivity contribution in [3.8, 4) is 0 Å². The smallest absolute Gasteiger partial charge is 0.275 e. The average molecular weight is 362 g/mol. The molecular weight excluding hydrogens is 342 g/mol. The fourth-order valence-corrected chi connectivity index (χ4v) is 4.57. The zero-order valence-corrected chi connectivity index (χ0v) is 14.6. The molecule has 7 nitrogen and oxygen atoms in total. The second kappa shape index (κ2) is 6.72. The van der Waals surface area contributed by atoms with E-state index in [1.54, 1.807) is 0 Å². The summed E-state index contributed by atoms with van der Waals surface area (Å²) in [4.78, 5) is 10.3. The molecule has 2 N–H and O–H groups in total. The largest absolute Gasteiger partial charge is 0.328 e. The fraction of sp³-hybridized carbons (Fsp3) is 0.571. The van der Waals surface area contributed by atoms with Crippen LogP contribution in [0.15, 0.2) is 17.0 Å². The number of hydrogen-bond donors (Lipinski definition) is 1. The van der Waals surface area contributed by atoms with Gasteiger partial charge in [-0.15, -0.1) is 0 Å². The Labute approximate surface area is 140 Å². The lowest BCUT2D eigenvalue weighted by molar-refractivity contribution is -0.385. The van der Waals surface area contributed by atoms with Crippen molar-refractivity contribution in [2.24, 2.45) is 11.7 Å². The molecule has 23 heavy (non-hydrogen) atoms. The van der Waals surface area contributed by atoms with Crippen LogP contribution in [-0.2, 0) is 10.0 Å². The molecule has 1 atom stereocenters. The van der Waals surface area contributed by atoms with Crippen molar-refractivity contribution in [3.05, 3.63) is 32.8 Å². The van der Waals surface area contributed by atoms with E-state index >= 15 is 0 Å². The van der Waals surface area contributed by atoms with Gasteiger partial charge >= 0.3 is 0 Å². The molecule has 1 aromatic rings. The zero-order chi connectivity index (χ0) is 17.4. The molecule has 0 radical (unpaired) electrons. The molecule has 1 unspecified atom stereocenters. The van der Waals surface area contributed by atoms with Gasteiger partial charge in [-0.25, -0.2) is 8.42 Å². The Morgan fingerprint density at radius 1 is 1.39 bits per heavy atom. The van der Waals surface area contributed by atoms with E-state index in [9.17, 15) is 18.5 Å². The lowest BCUT2D eigenvalue weighted by Gasteiger charge is -2.32. The van der Waals surface area contributed by atoms with Crippen molar-refractivity contribution in [1.29, 1.82) is 0 Å². The molecule has 0 amide bonds. The standard InChI is InChI=1S/C14H20ClN3O4S/c1-9-13(15)7-12(8-14(9)18(19)20)23(21,22)17-5-3-11(4-6-17)10(2)16/h7-8,10-11H,3-6,16H2,1-2H3.